The second kappa shape index (κ2) is 3.82. The Morgan fingerprint density at radius 2 is 2.25 bits per heavy atom. The summed E-state index contributed by atoms with van der Waals surface area (Å²) in [5, 5.41) is 8.87. The zero-order chi connectivity index (χ0) is 11.6. The molecule has 1 aliphatic rings. The highest BCUT2D eigenvalue weighted by Crippen LogP contribution is 2.39. The van der Waals surface area contributed by atoms with Gasteiger partial charge in [-0.25, -0.2) is 0 Å². The normalized spacial score (nSPS) is 21.2. The second-order valence-electron chi connectivity index (χ2n) is 3.72. The van der Waals surface area contributed by atoms with Crippen molar-refractivity contribution >= 4 is 12.0 Å². The van der Waals surface area contributed by atoms with E-state index in [1.807, 2.05) is 30.3 Å². The number of nitriles is 1. The van der Waals surface area contributed by atoms with Crippen LogP contribution in [0.3, 0.4) is 0 Å². The Morgan fingerprint density at radius 1 is 1.50 bits per heavy atom. The summed E-state index contributed by atoms with van der Waals surface area (Å²) in [5.74, 6) is -0.379. The lowest BCUT2D eigenvalue weighted by Gasteiger charge is -2.23. The lowest BCUT2D eigenvalue weighted by Crippen LogP contribution is -2.33. The molecule has 80 valence electrons. The number of carbonyl (C=O) groups is 1. The van der Waals surface area contributed by atoms with Crippen LogP contribution in [-0.4, -0.2) is 13.1 Å². The molecule has 0 saturated heterocycles. The minimum absolute atomic E-state index is 0.104. The van der Waals surface area contributed by atoms with Gasteiger partial charge in [-0.05, 0) is 11.1 Å². The summed E-state index contributed by atoms with van der Waals surface area (Å²) in [6.45, 7) is 0. The first kappa shape index (κ1) is 10.4. The highest BCUT2D eigenvalue weighted by molar-refractivity contribution is 5.91. The molecule has 0 saturated carbocycles. The third-order valence-corrected chi connectivity index (χ3v) is 2.90. The molecule has 0 fully saturated rings. The maximum Gasteiger partial charge on any atom is 0.321 e. The number of methoxy groups -OCH3 is 1. The highest BCUT2D eigenvalue weighted by atomic mass is 16.5. The van der Waals surface area contributed by atoms with Crippen molar-refractivity contribution in [2.24, 2.45) is 0 Å². The number of esters is 1. The Hall–Kier alpha value is -2.08. The first-order valence-corrected chi connectivity index (χ1v) is 4.99. The fourth-order valence-corrected chi connectivity index (χ4v) is 2.08. The molecule has 1 unspecified atom stereocenters. The SMILES string of the molecule is COC(=O)C1(CC#N)C=Cc2ccccc21. The Morgan fingerprint density at radius 3 is 2.94 bits per heavy atom. The van der Waals surface area contributed by atoms with Crippen LogP contribution in [0.1, 0.15) is 17.5 Å². The molecule has 0 spiro atoms. The van der Waals surface area contributed by atoms with Gasteiger partial charge in [0, 0.05) is 0 Å². The summed E-state index contributed by atoms with van der Waals surface area (Å²) in [4.78, 5) is 11.9. The number of fused-ring (bicyclic) bond motifs is 1. The van der Waals surface area contributed by atoms with Crippen molar-refractivity contribution in [1.82, 2.24) is 0 Å². The van der Waals surface area contributed by atoms with E-state index in [4.69, 9.17) is 10.00 Å². The summed E-state index contributed by atoms with van der Waals surface area (Å²) in [5.41, 5.74) is 0.909. The molecular formula is C13H11NO2. The van der Waals surface area contributed by atoms with Crippen molar-refractivity contribution in [3.63, 3.8) is 0 Å². The third kappa shape index (κ3) is 1.31. The second-order valence-corrected chi connectivity index (χ2v) is 3.72. The molecule has 1 aromatic rings. The van der Waals surface area contributed by atoms with Gasteiger partial charge in [0.15, 0.2) is 0 Å². The van der Waals surface area contributed by atoms with Crippen LogP contribution in [0.4, 0.5) is 0 Å². The van der Waals surface area contributed by atoms with E-state index in [0.717, 1.165) is 11.1 Å². The minimum atomic E-state index is -0.917. The Labute approximate surface area is 94.0 Å². The number of benzene rings is 1. The molecule has 0 heterocycles. The molecule has 1 atom stereocenters. The molecule has 0 bridgehead atoms. The van der Waals surface area contributed by atoms with Crippen molar-refractivity contribution < 1.29 is 9.53 Å². The maximum atomic E-state index is 11.9. The largest absolute Gasteiger partial charge is 0.468 e. The quantitative estimate of drug-likeness (QED) is 0.706. The average molecular weight is 213 g/mol. The topological polar surface area (TPSA) is 50.1 Å². The summed E-state index contributed by atoms with van der Waals surface area (Å²) >= 11 is 0. The average Bonchev–Trinajstić information content (AvgIpc) is 2.69. The molecule has 0 aromatic heterocycles. The molecule has 1 aliphatic carbocycles. The lowest BCUT2D eigenvalue weighted by molar-refractivity contribution is -0.145. The smallest absolute Gasteiger partial charge is 0.321 e. The van der Waals surface area contributed by atoms with E-state index < -0.39 is 5.41 Å². The van der Waals surface area contributed by atoms with Gasteiger partial charge in [-0.2, -0.15) is 5.26 Å². The fraction of sp³-hybridized carbons (Fsp3) is 0.231. The van der Waals surface area contributed by atoms with Crippen LogP contribution in [0.15, 0.2) is 30.3 Å². The molecule has 3 nitrogen and oxygen atoms in total. The predicted octanol–water partition coefficient (Wildman–Crippen LogP) is 2.04. The number of hydrogen-bond donors (Lipinski definition) is 0. The van der Waals surface area contributed by atoms with E-state index in [1.54, 1.807) is 6.08 Å². The van der Waals surface area contributed by atoms with Crippen molar-refractivity contribution in [3.8, 4) is 6.07 Å². The fourth-order valence-electron chi connectivity index (χ4n) is 2.08. The molecule has 1 aromatic carbocycles. The van der Waals surface area contributed by atoms with Crippen molar-refractivity contribution in [1.29, 1.82) is 5.26 Å². The monoisotopic (exact) mass is 213 g/mol. The van der Waals surface area contributed by atoms with E-state index in [0.29, 0.717) is 0 Å². The van der Waals surface area contributed by atoms with Gasteiger partial charge in [0.25, 0.3) is 0 Å². The molecule has 2 rings (SSSR count). The molecule has 16 heavy (non-hydrogen) atoms. The first-order valence-electron chi connectivity index (χ1n) is 4.99. The summed E-state index contributed by atoms with van der Waals surface area (Å²) in [7, 11) is 1.34. The number of ether oxygens (including phenoxy) is 1. The van der Waals surface area contributed by atoms with Gasteiger partial charge >= 0.3 is 5.97 Å². The van der Waals surface area contributed by atoms with Gasteiger partial charge in [0.05, 0.1) is 19.6 Å². The Balaban J connectivity index is 2.57. The van der Waals surface area contributed by atoms with Crippen LogP contribution in [0.25, 0.3) is 6.08 Å². The van der Waals surface area contributed by atoms with E-state index in [1.165, 1.54) is 7.11 Å². The summed E-state index contributed by atoms with van der Waals surface area (Å²) < 4.78 is 4.81. The first-order chi connectivity index (χ1) is 7.74. The van der Waals surface area contributed by atoms with Crippen LogP contribution in [0.5, 0.6) is 0 Å². The van der Waals surface area contributed by atoms with Crippen LogP contribution in [0.2, 0.25) is 0 Å². The third-order valence-electron chi connectivity index (χ3n) is 2.90. The van der Waals surface area contributed by atoms with Crippen molar-refractivity contribution in [2.45, 2.75) is 11.8 Å². The number of carbonyl (C=O) groups excluding carboxylic acids is 1. The standard InChI is InChI=1S/C13H11NO2/c1-16-12(15)13(8-9-14)7-6-10-4-2-3-5-11(10)13/h2-7H,8H2,1H3. The Kier molecular flexibility index (Phi) is 2.49. The Bertz CT molecular complexity index is 499. The van der Waals surface area contributed by atoms with Crippen molar-refractivity contribution in [3.05, 3.63) is 41.5 Å². The minimum Gasteiger partial charge on any atom is -0.468 e. The molecule has 0 radical (unpaired) electrons. The lowest BCUT2D eigenvalue weighted by atomic mass is 9.80. The van der Waals surface area contributed by atoms with E-state index in [2.05, 4.69) is 6.07 Å². The molecule has 3 heteroatoms. The van der Waals surface area contributed by atoms with E-state index in [9.17, 15) is 4.79 Å². The zero-order valence-corrected chi connectivity index (χ0v) is 8.93. The van der Waals surface area contributed by atoms with Gasteiger partial charge in [-0.15, -0.1) is 0 Å². The van der Waals surface area contributed by atoms with E-state index >= 15 is 0 Å². The molecule has 0 amide bonds. The van der Waals surface area contributed by atoms with Gasteiger partial charge in [0.1, 0.15) is 5.41 Å². The van der Waals surface area contributed by atoms with Crippen LogP contribution < -0.4 is 0 Å². The number of rotatable bonds is 2. The zero-order valence-electron chi connectivity index (χ0n) is 8.93. The number of nitrogens with zero attached hydrogens (tertiary/aromatic N) is 1. The molecule has 0 aliphatic heterocycles. The summed E-state index contributed by atoms with van der Waals surface area (Å²) in [6, 6.07) is 9.61. The van der Waals surface area contributed by atoms with Crippen LogP contribution in [-0.2, 0) is 14.9 Å². The highest BCUT2D eigenvalue weighted by Gasteiger charge is 2.42. The van der Waals surface area contributed by atoms with E-state index in [-0.39, 0.29) is 12.4 Å². The maximum absolute atomic E-state index is 11.9. The number of hydrogen-bond acceptors (Lipinski definition) is 3. The summed E-state index contributed by atoms with van der Waals surface area (Å²) in [6.07, 6.45) is 3.73. The van der Waals surface area contributed by atoms with Gasteiger partial charge in [-0.3, -0.25) is 4.79 Å². The van der Waals surface area contributed by atoms with Gasteiger partial charge < -0.3 is 4.74 Å². The predicted molar refractivity (Wildman–Crippen MR) is 59.4 cm³/mol. The van der Waals surface area contributed by atoms with Crippen LogP contribution in [0, 0.1) is 11.3 Å². The molecular weight excluding hydrogens is 202 g/mol. The molecule has 0 N–H and O–H groups in total. The van der Waals surface area contributed by atoms with Gasteiger partial charge in [0.2, 0.25) is 0 Å². The van der Waals surface area contributed by atoms with Crippen molar-refractivity contribution in [2.75, 3.05) is 7.11 Å². The van der Waals surface area contributed by atoms with Gasteiger partial charge in [-0.1, -0.05) is 36.4 Å². The van der Waals surface area contributed by atoms with Crippen LogP contribution >= 0.6 is 0 Å².